The molecule has 0 heterocycles. The van der Waals surface area contributed by atoms with Crippen molar-refractivity contribution in [3.63, 3.8) is 0 Å². The molecule has 0 unspecified atom stereocenters. The Morgan fingerprint density at radius 1 is 1.14 bits per heavy atom. The first-order valence-electron chi connectivity index (χ1n) is 6.44. The number of rotatable bonds is 4. The van der Waals surface area contributed by atoms with E-state index in [-0.39, 0.29) is 11.3 Å². The number of carbonyl (C=O) groups is 2. The van der Waals surface area contributed by atoms with Crippen LogP contribution in [0.15, 0.2) is 42.5 Å². The van der Waals surface area contributed by atoms with Gasteiger partial charge in [0.2, 0.25) is 0 Å². The number of hydrogen-bond donors (Lipinski definition) is 1. The lowest BCUT2D eigenvalue weighted by atomic mass is 10.2. The molecular formula is C16H13F2NO3. The normalized spacial score (nSPS) is 10.1. The molecule has 0 radical (unpaired) electrons. The smallest absolute Gasteiger partial charge is 0.338 e. The fraction of sp³-hybridized carbons (Fsp3) is 0.125. The minimum absolute atomic E-state index is 0.00850. The van der Waals surface area contributed by atoms with Crippen LogP contribution in [-0.4, -0.2) is 18.5 Å². The molecule has 0 aliphatic heterocycles. The summed E-state index contributed by atoms with van der Waals surface area (Å²) in [7, 11) is 0. The molecule has 0 bridgehead atoms. The van der Waals surface area contributed by atoms with E-state index < -0.39 is 30.1 Å². The largest absolute Gasteiger partial charge is 0.452 e. The number of amides is 1. The van der Waals surface area contributed by atoms with Crippen LogP contribution >= 0.6 is 0 Å². The number of nitrogens with one attached hydrogen (secondary N) is 1. The number of hydrogen-bond acceptors (Lipinski definition) is 3. The van der Waals surface area contributed by atoms with E-state index in [1.165, 1.54) is 36.4 Å². The molecule has 0 aliphatic carbocycles. The van der Waals surface area contributed by atoms with Gasteiger partial charge in [-0.05, 0) is 42.8 Å². The van der Waals surface area contributed by atoms with Crippen molar-refractivity contribution in [1.82, 2.24) is 0 Å². The Hall–Kier alpha value is -2.76. The summed E-state index contributed by atoms with van der Waals surface area (Å²) in [6.07, 6.45) is 0. The van der Waals surface area contributed by atoms with Crippen LogP contribution in [0.2, 0.25) is 0 Å². The lowest BCUT2D eigenvalue weighted by Crippen LogP contribution is -2.21. The second kappa shape index (κ2) is 6.80. The van der Waals surface area contributed by atoms with Crippen LogP contribution in [0.3, 0.4) is 0 Å². The summed E-state index contributed by atoms with van der Waals surface area (Å²) in [5.41, 5.74) is 0.722. The monoisotopic (exact) mass is 305 g/mol. The molecule has 0 atom stereocenters. The van der Waals surface area contributed by atoms with E-state index in [2.05, 4.69) is 5.32 Å². The Balaban J connectivity index is 1.90. The van der Waals surface area contributed by atoms with Crippen molar-refractivity contribution in [3.05, 3.63) is 65.2 Å². The van der Waals surface area contributed by atoms with Gasteiger partial charge in [0.15, 0.2) is 6.61 Å². The van der Waals surface area contributed by atoms with E-state index in [4.69, 9.17) is 4.74 Å². The highest BCUT2D eigenvalue weighted by atomic mass is 19.1. The maximum atomic E-state index is 13.3. The third kappa shape index (κ3) is 4.12. The minimum atomic E-state index is -0.815. The van der Waals surface area contributed by atoms with Gasteiger partial charge in [-0.1, -0.05) is 12.1 Å². The Kier molecular flexibility index (Phi) is 4.83. The standard InChI is InChI=1S/C16H13F2NO3/c1-10-5-6-13(8-14(10)18)19-15(20)9-22-16(21)11-3-2-4-12(17)7-11/h2-8H,9H2,1H3,(H,19,20). The van der Waals surface area contributed by atoms with Gasteiger partial charge in [0.1, 0.15) is 11.6 Å². The Morgan fingerprint density at radius 2 is 1.91 bits per heavy atom. The van der Waals surface area contributed by atoms with Gasteiger partial charge in [0, 0.05) is 5.69 Å². The third-order valence-electron chi connectivity index (χ3n) is 2.85. The van der Waals surface area contributed by atoms with Crippen LogP contribution in [0.4, 0.5) is 14.5 Å². The van der Waals surface area contributed by atoms with Crippen molar-refractivity contribution in [2.75, 3.05) is 11.9 Å². The Labute approximate surface area is 125 Å². The van der Waals surface area contributed by atoms with Gasteiger partial charge in [-0.15, -0.1) is 0 Å². The summed E-state index contributed by atoms with van der Waals surface area (Å²) in [5.74, 6) is -2.46. The highest BCUT2D eigenvalue weighted by Crippen LogP contribution is 2.13. The molecule has 4 nitrogen and oxygen atoms in total. The molecule has 0 saturated heterocycles. The molecule has 2 aromatic carbocycles. The molecule has 0 saturated carbocycles. The van der Waals surface area contributed by atoms with Crippen LogP contribution in [0.1, 0.15) is 15.9 Å². The van der Waals surface area contributed by atoms with Crippen LogP contribution in [-0.2, 0) is 9.53 Å². The average molecular weight is 305 g/mol. The quantitative estimate of drug-likeness (QED) is 0.883. The Morgan fingerprint density at radius 3 is 2.59 bits per heavy atom. The highest BCUT2D eigenvalue weighted by Gasteiger charge is 2.11. The topological polar surface area (TPSA) is 55.4 Å². The molecule has 1 amide bonds. The van der Waals surface area contributed by atoms with Crippen LogP contribution in [0.5, 0.6) is 0 Å². The van der Waals surface area contributed by atoms with E-state index in [1.807, 2.05) is 0 Å². The number of esters is 1. The van der Waals surface area contributed by atoms with Gasteiger partial charge in [-0.25, -0.2) is 13.6 Å². The molecule has 0 aliphatic rings. The van der Waals surface area contributed by atoms with Crippen molar-refractivity contribution < 1.29 is 23.1 Å². The molecule has 6 heteroatoms. The lowest BCUT2D eigenvalue weighted by molar-refractivity contribution is -0.119. The first-order valence-corrected chi connectivity index (χ1v) is 6.44. The second-order valence-electron chi connectivity index (χ2n) is 4.60. The number of benzene rings is 2. The zero-order chi connectivity index (χ0) is 16.1. The first-order chi connectivity index (χ1) is 10.5. The van der Waals surface area contributed by atoms with E-state index in [0.29, 0.717) is 5.56 Å². The molecule has 2 rings (SSSR count). The van der Waals surface area contributed by atoms with Crippen LogP contribution < -0.4 is 5.32 Å². The van der Waals surface area contributed by atoms with Gasteiger partial charge in [0.05, 0.1) is 5.56 Å². The zero-order valence-corrected chi connectivity index (χ0v) is 11.7. The summed E-state index contributed by atoms with van der Waals surface area (Å²) in [5, 5.41) is 2.40. The highest BCUT2D eigenvalue weighted by molar-refractivity contribution is 5.95. The second-order valence-corrected chi connectivity index (χ2v) is 4.60. The Bertz CT molecular complexity index is 716. The number of carbonyl (C=O) groups excluding carboxylic acids is 2. The predicted octanol–water partition coefficient (Wildman–Crippen LogP) is 3.07. The van der Waals surface area contributed by atoms with Crippen LogP contribution in [0.25, 0.3) is 0 Å². The number of ether oxygens (including phenoxy) is 1. The summed E-state index contributed by atoms with van der Waals surface area (Å²) in [6, 6.07) is 9.15. The molecule has 114 valence electrons. The van der Waals surface area contributed by atoms with Gasteiger partial charge in [0.25, 0.3) is 5.91 Å². The maximum Gasteiger partial charge on any atom is 0.338 e. The molecule has 22 heavy (non-hydrogen) atoms. The fourth-order valence-corrected chi connectivity index (χ4v) is 1.70. The van der Waals surface area contributed by atoms with Gasteiger partial charge >= 0.3 is 5.97 Å². The average Bonchev–Trinajstić information content (AvgIpc) is 2.48. The van der Waals surface area contributed by atoms with Crippen molar-refractivity contribution in [3.8, 4) is 0 Å². The fourth-order valence-electron chi connectivity index (χ4n) is 1.70. The molecule has 0 fully saturated rings. The van der Waals surface area contributed by atoms with Crippen molar-refractivity contribution in [2.24, 2.45) is 0 Å². The zero-order valence-electron chi connectivity index (χ0n) is 11.7. The number of aryl methyl sites for hydroxylation is 1. The van der Waals surface area contributed by atoms with E-state index >= 15 is 0 Å². The minimum Gasteiger partial charge on any atom is -0.452 e. The van der Waals surface area contributed by atoms with Crippen LogP contribution in [0, 0.1) is 18.6 Å². The van der Waals surface area contributed by atoms with Gasteiger partial charge in [-0.3, -0.25) is 4.79 Å². The van der Waals surface area contributed by atoms with Gasteiger partial charge < -0.3 is 10.1 Å². The van der Waals surface area contributed by atoms with E-state index in [1.54, 1.807) is 6.92 Å². The molecular weight excluding hydrogens is 292 g/mol. The SMILES string of the molecule is Cc1ccc(NC(=O)COC(=O)c2cccc(F)c2)cc1F. The first kappa shape index (κ1) is 15.6. The lowest BCUT2D eigenvalue weighted by Gasteiger charge is -2.07. The maximum absolute atomic E-state index is 13.3. The summed E-state index contributed by atoms with van der Waals surface area (Å²) in [4.78, 5) is 23.3. The third-order valence-corrected chi connectivity index (χ3v) is 2.85. The summed E-state index contributed by atoms with van der Waals surface area (Å²) in [6.45, 7) is 1.05. The number of halogens is 2. The van der Waals surface area contributed by atoms with E-state index in [0.717, 1.165) is 6.07 Å². The van der Waals surface area contributed by atoms with Crippen molar-refractivity contribution in [2.45, 2.75) is 6.92 Å². The van der Waals surface area contributed by atoms with E-state index in [9.17, 15) is 18.4 Å². The molecule has 1 N–H and O–H groups in total. The number of anilines is 1. The summed E-state index contributed by atoms with van der Waals surface area (Å²) >= 11 is 0. The van der Waals surface area contributed by atoms with Gasteiger partial charge in [-0.2, -0.15) is 0 Å². The molecule has 2 aromatic rings. The van der Waals surface area contributed by atoms with Crippen molar-refractivity contribution in [1.29, 1.82) is 0 Å². The van der Waals surface area contributed by atoms with Crippen molar-refractivity contribution >= 4 is 17.6 Å². The predicted molar refractivity (Wildman–Crippen MR) is 76.4 cm³/mol. The summed E-state index contributed by atoms with van der Waals surface area (Å²) < 4.78 is 31.1. The molecule has 0 aromatic heterocycles. The molecule has 0 spiro atoms.